The molecule has 3 unspecified atom stereocenters. The highest BCUT2D eigenvalue weighted by molar-refractivity contribution is 9.10. The molecule has 1 aromatic heterocycles. The first-order chi connectivity index (χ1) is 16.5. The minimum Gasteiger partial charge on any atom is -0.438 e. The van der Waals surface area contributed by atoms with Gasteiger partial charge in [0.1, 0.15) is 5.75 Å². The normalized spacial score (nSPS) is 24.1. The van der Waals surface area contributed by atoms with Gasteiger partial charge in [0.25, 0.3) is 0 Å². The van der Waals surface area contributed by atoms with E-state index in [2.05, 4.69) is 39.4 Å². The van der Waals surface area contributed by atoms with E-state index in [1.165, 1.54) is 0 Å². The molecule has 0 radical (unpaired) electrons. The van der Waals surface area contributed by atoms with Crippen LogP contribution < -0.4 is 10.1 Å². The first-order valence-corrected chi connectivity index (χ1v) is 12.7. The number of hydrogen-bond acceptors (Lipinski definition) is 4. The van der Waals surface area contributed by atoms with E-state index in [0.717, 1.165) is 50.8 Å². The van der Waals surface area contributed by atoms with Gasteiger partial charge < -0.3 is 15.2 Å². The molecule has 4 nitrogen and oxygen atoms in total. The van der Waals surface area contributed by atoms with Crippen molar-refractivity contribution in [1.82, 2.24) is 10.3 Å². The minimum absolute atomic E-state index is 0.141. The molecule has 1 saturated heterocycles. The van der Waals surface area contributed by atoms with Crippen molar-refractivity contribution in [2.75, 3.05) is 6.54 Å². The Balaban J connectivity index is 1.64. The molecule has 3 atom stereocenters. The fourth-order valence-electron chi connectivity index (χ4n) is 5.51. The second-order valence-corrected chi connectivity index (χ2v) is 10.7. The third-order valence-corrected chi connectivity index (χ3v) is 7.80. The molecule has 3 heterocycles. The van der Waals surface area contributed by atoms with Crippen LogP contribution in [0.1, 0.15) is 35.4 Å². The molecule has 2 bridgehead atoms. The standard InChI is InChI=1S/C28H24BrClN2O2/c29-20-7-10-24-19(13-20)15-23-26(17-5-8-21(30)9-6-17)28(33)11-12-31-22(16-28)14-18-3-1-2-4-25(18)34-27(23)32-24/h1-10,13,15,22,26,31,33H,11-12,14,16H2. The lowest BCUT2D eigenvalue weighted by molar-refractivity contribution is -0.0194. The molecule has 2 aliphatic heterocycles. The number of rotatable bonds is 1. The van der Waals surface area contributed by atoms with Crippen LogP contribution in [0.2, 0.25) is 5.02 Å². The number of piperidine rings is 1. The van der Waals surface area contributed by atoms with E-state index < -0.39 is 5.60 Å². The van der Waals surface area contributed by atoms with Gasteiger partial charge in [-0.2, -0.15) is 0 Å². The predicted molar refractivity (Wildman–Crippen MR) is 139 cm³/mol. The largest absolute Gasteiger partial charge is 0.438 e. The molecule has 6 rings (SSSR count). The maximum absolute atomic E-state index is 12.3. The predicted octanol–water partition coefficient (Wildman–Crippen LogP) is 6.61. The smallest absolute Gasteiger partial charge is 0.223 e. The summed E-state index contributed by atoms with van der Waals surface area (Å²) >= 11 is 9.82. The molecular weight excluding hydrogens is 512 g/mol. The lowest BCUT2D eigenvalue weighted by atomic mass is 9.70. The van der Waals surface area contributed by atoms with Crippen molar-refractivity contribution in [3.05, 3.63) is 99.0 Å². The fraction of sp³-hybridized carbons (Fsp3) is 0.250. The molecule has 2 N–H and O–H groups in total. The summed E-state index contributed by atoms with van der Waals surface area (Å²) in [4.78, 5) is 4.96. The maximum Gasteiger partial charge on any atom is 0.223 e. The Morgan fingerprint density at radius 1 is 1.06 bits per heavy atom. The Labute approximate surface area is 212 Å². The van der Waals surface area contributed by atoms with Crippen molar-refractivity contribution >= 4 is 38.4 Å². The van der Waals surface area contributed by atoms with Gasteiger partial charge in [0.15, 0.2) is 0 Å². The molecule has 0 amide bonds. The number of hydrogen-bond donors (Lipinski definition) is 2. The van der Waals surface area contributed by atoms with E-state index in [-0.39, 0.29) is 12.0 Å². The van der Waals surface area contributed by atoms with Crippen molar-refractivity contribution in [3.63, 3.8) is 0 Å². The number of aromatic nitrogens is 1. The maximum atomic E-state index is 12.3. The first kappa shape index (κ1) is 22.1. The van der Waals surface area contributed by atoms with Crippen LogP contribution in [-0.2, 0) is 6.42 Å². The molecule has 4 aromatic rings. The third kappa shape index (κ3) is 4.01. The zero-order chi connectivity index (χ0) is 23.3. The van der Waals surface area contributed by atoms with Crippen molar-refractivity contribution < 1.29 is 9.84 Å². The average Bonchev–Trinajstić information content (AvgIpc) is 2.81. The monoisotopic (exact) mass is 534 g/mol. The van der Waals surface area contributed by atoms with E-state index in [0.29, 0.717) is 23.7 Å². The van der Waals surface area contributed by atoms with Crippen molar-refractivity contribution in [1.29, 1.82) is 0 Å². The molecule has 3 aromatic carbocycles. The van der Waals surface area contributed by atoms with E-state index in [1.54, 1.807) is 0 Å². The summed E-state index contributed by atoms with van der Waals surface area (Å²) in [5, 5.41) is 17.5. The first-order valence-electron chi connectivity index (χ1n) is 11.6. The minimum atomic E-state index is -0.963. The summed E-state index contributed by atoms with van der Waals surface area (Å²) in [6, 6.07) is 24.2. The van der Waals surface area contributed by atoms with Gasteiger partial charge in [-0.25, -0.2) is 4.98 Å². The Hall–Kier alpha value is -2.44. The SMILES string of the molecule is OC12CCNC(Cc3ccccc3Oc3nc4ccc(Br)cc4cc3C1c1ccc(Cl)cc1)C2. The van der Waals surface area contributed by atoms with E-state index in [4.69, 9.17) is 21.3 Å². The lowest BCUT2D eigenvalue weighted by Gasteiger charge is -2.44. The Morgan fingerprint density at radius 3 is 2.74 bits per heavy atom. The van der Waals surface area contributed by atoms with Gasteiger partial charge >= 0.3 is 0 Å². The molecule has 0 saturated carbocycles. The number of aliphatic hydroxyl groups is 1. The van der Waals surface area contributed by atoms with Crippen LogP contribution in [0.3, 0.4) is 0 Å². The summed E-state index contributed by atoms with van der Waals surface area (Å²) in [6.45, 7) is 0.746. The van der Waals surface area contributed by atoms with Crippen LogP contribution in [0, 0.1) is 0 Å². The van der Waals surface area contributed by atoms with Gasteiger partial charge in [0.05, 0.1) is 11.1 Å². The highest BCUT2D eigenvalue weighted by Gasteiger charge is 2.45. The fourth-order valence-corrected chi connectivity index (χ4v) is 6.02. The highest BCUT2D eigenvalue weighted by atomic mass is 79.9. The van der Waals surface area contributed by atoms with E-state index in [9.17, 15) is 5.11 Å². The van der Waals surface area contributed by atoms with Crippen LogP contribution >= 0.6 is 27.5 Å². The van der Waals surface area contributed by atoms with Crippen LogP contribution in [0.5, 0.6) is 11.6 Å². The summed E-state index contributed by atoms with van der Waals surface area (Å²) in [5.41, 5.74) is 2.88. The van der Waals surface area contributed by atoms with E-state index >= 15 is 0 Å². The van der Waals surface area contributed by atoms with Crippen molar-refractivity contribution in [2.45, 2.75) is 36.8 Å². The van der Waals surface area contributed by atoms with Crippen LogP contribution in [0.4, 0.5) is 0 Å². The molecule has 2 aliphatic rings. The second kappa shape index (κ2) is 8.65. The lowest BCUT2D eigenvalue weighted by Crippen LogP contribution is -2.52. The number of benzene rings is 3. The molecular formula is C28H24BrClN2O2. The molecule has 0 spiro atoms. The molecule has 34 heavy (non-hydrogen) atoms. The van der Waals surface area contributed by atoms with Crippen LogP contribution in [-0.4, -0.2) is 28.3 Å². The van der Waals surface area contributed by atoms with E-state index in [1.807, 2.05) is 54.6 Å². The van der Waals surface area contributed by atoms with Gasteiger partial charge in [-0.3, -0.25) is 0 Å². The van der Waals surface area contributed by atoms with Gasteiger partial charge in [-0.15, -0.1) is 0 Å². The Bertz CT molecular complexity index is 1380. The zero-order valence-electron chi connectivity index (χ0n) is 18.5. The van der Waals surface area contributed by atoms with Crippen molar-refractivity contribution in [2.24, 2.45) is 0 Å². The van der Waals surface area contributed by atoms with Crippen LogP contribution in [0.15, 0.2) is 77.3 Å². The summed E-state index contributed by atoms with van der Waals surface area (Å²) in [6.07, 6.45) is 2.04. The summed E-state index contributed by atoms with van der Waals surface area (Å²) < 4.78 is 7.54. The van der Waals surface area contributed by atoms with Gasteiger partial charge in [-0.1, -0.05) is 57.9 Å². The summed E-state index contributed by atoms with van der Waals surface area (Å²) in [7, 11) is 0. The number of nitrogens with zero attached hydrogens (tertiary/aromatic N) is 1. The zero-order valence-corrected chi connectivity index (χ0v) is 20.8. The molecule has 0 aliphatic carbocycles. The Kier molecular flexibility index (Phi) is 5.61. The van der Waals surface area contributed by atoms with Gasteiger partial charge in [0, 0.05) is 32.4 Å². The Morgan fingerprint density at radius 2 is 1.88 bits per heavy atom. The number of ether oxygens (including phenoxy) is 1. The number of para-hydroxylation sites is 1. The highest BCUT2D eigenvalue weighted by Crippen LogP contribution is 2.47. The van der Waals surface area contributed by atoms with Gasteiger partial charge in [-0.05, 0) is 79.4 Å². The number of nitrogens with one attached hydrogen (secondary N) is 1. The average molecular weight is 536 g/mol. The molecule has 1 fully saturated rings. The topological polar surface area (TPSA) is 54.4 Å². The second-order valence-electron chi connectivity index (χ2n) is 9.33. The van der Waals surface area contributed by atoms with Crippen LogP contribution in [0.25, 0.3) is 10.9 Å². The van der Waals surface area contributed by atoms with Crippen molar-refractivity contribution in [3.8, 4) is 11.6 Å². The number of fused-ring (bicyclic) bond motifs is 5. The summed E-state index contributed by atoms with van der Waals surface area (Å²) in [5.74, 6) is 1.03. The quantitative estimate of drug-likeness (QED) is 0.288. The van der Waals surface area contributed by atoms with Gasteiger partial charge in [0.2, 0.25) is 5.88 Å². The number of halogens is 2. The third-order valence-electron chi connectivity index (χ3n) is 7.06. The molecule has 6 heteroatoms. The molecule has 172 valence electrons. The number of pyridine rings is 1.